The van der Waals surface area contributed by atoms with Crippen molar-refractivity contribution in [3.63, 3.8) is 0 Å². The minimum absolute atomic E-state index is 0.224. The van der Waals surface area contributed by atoms with Crippen molar-refractivity contribution >= 4 is 5.69 Å². The van der Waals surface area contributed by atoms with Gasteiger partial charge in [0.2, 0.25) is 0 Å². The summed E-state index contributed by atoms with van der Waals surface area (Å²) in [5.41, 5.74) is 3.22. The molecule has 1 aliphatic rings. The maximum Gasteiger partial charge on any atom is 0.128 e. The van der Waals surface area contributed by atoms with Gasteiger partial charge in [0.05, 0.1) is 20.8 Å². The second-order valence-electron chi connectivity index (χ2n) is 6.14. The summed E-state index contributed by atoms with van der Waals surface area (Å²) in [5, 5.41) is 9.07. The maximum absolute atomic E-state index is 9.07. The van der Waals surface area contributed by atoms with Gasteiger partial charge in [-0.1, -0.05) is 18.2 Å². The molecule has 1 aliphatic heterocycles. The largest absolute Gasteiger partial charge is 0.496 e. The van der Waals surface area contributed by atoms with Gasteiger partial charge in [-0.15, -0.1) is 0 Å². The summed E-state index contributed by atoms with van der Waals surface area (Å²) in [6.45, 7) is 4.83. The fraction of sp³-hybridized carbons (Fsp3) is 0.400. The molecule has 0 atom stereocenters. The summed E-state index contributed by atoms with van der Waals surface area (Å²) < 4.78 is 11.2. The quantitative estimate of drug-likeness (QED) is 0.874. The fourth-order valence-corrected chi connectivity index (χ4v) is 3.34. The first kappa shape index (κ1) is 17.6. The molecule has 0 aromatic heterocycles. The van der Waals surface area contributed by atoms with Crippen LogP contribution in [0.1, 0.15) is 0 Å². The molecule has 2 aromatic carbocycles. The molecule has 1 heterocycles. The van der Waals surface area contributed by atoms with Gasteiger partial charge in [-0.05, 0) is 18.2 Å². The number of β-amino-alcohol motifs (C(OH)–C–C–N with tert-alkyl or cyclic N) is 1. The van der Waals surface area contributed by atoms with Crippen molar-refractivity contribution in [1.29, 1.82) is 0 Å². The minimum atomic E-state index is 0.224. The molecule has 25 heavy (non-hydrogen) atoms. The van der Waals surface area contributed by atoms with Crippen molar-refractivity contribution in [2.45, 2.75) is 0 Å². The number of hydrogen-bond donors (Lipinski definition) is 1. The van der Waals surface area contributed by atoms with Crippen molar-refractivity contribution < 1.29 is 14.6 Å². The Labute approximate surface area is 149 Å². The number of benzene rings is 2. The van der Waals surface area contributed by atoms with Gasteiger partial charge in [0.25, 0.3) is 0 Å². The van der Waals surface area contributed by atoms with E-state index in [0.717, 1.165) is 55.3 Å². The molecule has 5 nitrogen and oxygen atoms in total. The third kappa shape index (κ3) is 3.89. The first-order valence-corrected chi connectivity index (χ1v) is 8.66. The number of anilines is 1. The van der Waals surface area contributed by atoms with E-state index < -0.39 is 0 Å². The normalized spacial score (nSPS) is 15.2. The van der Waals surface area contributed by atoms with Crippen molar-refractivity contribution in [2.24, 2.45) is 0 Å². The molecule has 0 radical (unpaired) electrons. The van der Waals surface area contributed by atoms with Crippen molar-refractivity contribution in [3.8, 4) is 22.6 Å². The van der Waals surface area contributed by atoms with Gasteiger partial charge >= 0.3 is 0 Å². The number of hydrogen-bond acceptors (Lipinski definition) is 5. The lowest BCUT2D eigenvalue weighted by atomic mass is 10.0. The Balaban J connectivity index is 1.83. The van der Waals surface area contributed by atoms with E-state index in [-0.39, 0.29) is 6.61 Å². The van der Waals surface area contributed by atoms with E-state index in [1.165, 1.54) is 5.69 Å². The molecule has 1 N–H and O–H groups in total. The Morgan fingerprint density at radius 3 is 2.24 bits per heavy atom. The lowest BCUT2D eigenvalue weighted by molar-refractivity contribution is 0.189. The summed E-state index contributed by atoms with van der Waals surface area (Å²) in [4.78, 5) is 4.65. The Morgan fingerprint density at radius 2 is 1.56 bits per heavy atom. The molecule has 3 rings (SSSR count). The van der Waals surface area contributed by atoms with Gasteiger partial charge in [-0.25, -0.2) is 0 Å². The van der Waals surface area contributed by atoms with Gasteiger partial charge in [-0.2, -0.15) is 0 Å². The van der Waals surface area contributed by atoms with Crippen LogP contribution in [0.25, 0.3) is 11.1 Å². The molecule has 0 unspecified atom stereocenters. The van der Waals surface area contributed by atoms with Crippen LogP contribution >= 0.6 is 0 Å². The SMILES string of the molecule is COc1ccccc1-c1ccc(N2CCN(CCO)CC2)cc1OC. The molecule has 0 aliphatic carbocycles. The van der Waals surface area contributed by atoms with Crippen molar-refractivity contribution in [2.75, 3.05) is 58.5 Å². The predicted molar refractivity (Wildman–Crippen MR) is 101 cm³/mol. The van der Waals surface area contributed by atoms with Gasteiger partial charge in [0.1, 0.15) is 11.5 Å². The van der Waals surface area contributed by atoms with Crippen LogP contribution in [0, 0.1) is 0 Å². The summed E-state index contributed by atoms with van der Waals surface area (Å²) in [6.07, 6.45) is 0. The maximum atomic E-state index is 9.07. The molecule has 1 saturated heterocycles. The summed E-state index contributed by atoms with van der Waals surface area (Å²) >= 11 is 0. The third-order valence-corrected chi connectivity index (χ3v) is 4.74. The predicted octanol–water partition coefficient (Wildman–Crippen LogP) is 2.49. The van der Waals surface area contributed by atoms with Gasteiger partial charge in [0, 0.05) is 55.6 Å². The van der Waals surface area contributed by atoms with E-state index in [1.54, 1.807) is 14.2 Å². The Hall–Kier alpha value is -2.24. The summed E-state index contributed by atoms with van der Waals surface area (Å²) in [7, 11) is 3.39. The zero-order chi connectivity index (χ0) is 17.6. The number of ether oxygens (including phenoxy) is 2. The fourth-order valence-electron chi connectivity index (χ4n) is 3.34. The molecular formula is C20H26N2O3. The molecule has 0 bridgehead atoms. The van der Waals surface area contributed by atoms with E-state index >= 15 is 0 Å². The highest BCUT2D eigenvalue weighted by molar-refractivity contribution is 5.78. The molecular weight excluding hydrogens is 316 g/mol. The van der Waals surface area contributed by atoms with Crippen molar-refractivity contribution in [1.82, 2.24) is 4.90 Å². The Bertz CT molecular complexity index is 697. The van der Waals surface area contributed by atoms with Crippen molar-refractivity contribution in [3.05, 3.63) is 42.5 Å². The number of aliphatic hydroxyl groups is 1. The van der Waals surface area contributed by atoms with Gasteiger partial charge in [-0.3, -0.25) is 4.90 Å². The molecule has 0 saturated carbocycles. The van der Waals surface area contributed by atoms with Crippen LogP contribution < -0.4 is 14.4 Å². The standard InChI is InChI=1S/C20H26N2O3/c1-24-19-6-4-3-5-17(19)18-8-7-16(15-20(18)25-2)22-11-9-21(10-12-22)13-14-23/h3-8,15,23H,9-14H2,1-2H3. The van der Waals surface area contributed by atoms with Crippen LogP contribution in [0.2, 0.25) is 0 Å². The second kappa shape index (κ2) is 8.23. The molecule has 134 valence electrons. The third-order valence-electron chi connectivity index (χ3n) is 4.74. The summed E-state index contributed by atoms with van der Waals surface area (Å²) in [5.74, 6) is 1.69. The monoisotopic (exact) mass is 342 g/mol. The highest BCUT2D eigenvalue weighted by atomic mass is 16.5. The number of para-hydroxylation sites is 1. The zero-order valence-electron chi connectivity index (χ0n) is 14.9. The first-order chi connectivity index (χ1) is 12.3. The van der Waals surface area contributed by atoms with E-state index in [9.17, 15) is 0 Å². The second-order valence-corrected chi connectivity index (χ2v) is 6.14. The molecule has 0 amide bonds. The molecule has 5 heteroatoms. The van der Waals surface area contributed by atoms with Gasteiger partial charge < -0.3 is 19.5 Å². The average molecular weight is 342 g/mol. The van der Waals surface area contributed by atoms with Crippen LogP contribution in [0.15, 0.2) is 42.5 Å². The number of aliphatic hydroxyl groups excluding tert-OH is 1. The molecule has 0 spiro atoms. The Morgan fingerprint density at radius 1 is 0.880 bits per heavy atom. The van der Waals surface area contributed by atoms with Crippen LogP contribution in [0.5, 0.6) is 11.5 Å². The number of nitrogens with zero attached hydrogens (tertiary/aromatic N) is 2. The average Bonchev–Trinajstić information content (AvgIpc) is 2.68. The molecule has 1 fully saturated rings. The number of methoxy groups -OCH3 is 2. The van der Waals surface area contributed by atoms with Crippen LogP contribution in [-0.2, 0) is 0 Å². The van der Waals surface area contributed by atoms with E-state index in [4.69, 9.17) is 14.6 Å². The number of piperazine rings is 1. The minimum Gasteiger partial charge on any atom is -0.496 e. The Kier molecular flexibility index (Phi) is 5.79. The van der Waals surface area contributed by atoms with Crippen LogP contribution in [0.3, 0.4) is 0 Å². The van der Waals surface area contributed by atoms with Crippen LogP contribution in [0.4, 0.5) is 5.69 Å². The lowest BCUT2D eigenvalue weighted by Crippen LogP contribution is -2.47. The molecule has 2 aromatic rings. The summed E-state index contributed by atoms with van der Waals surface area (Å²) in [6, 6.07) is 14.3. The van der Waals surface area contributed by atoms with Gasteiger partial charge in [0.15, 0.2) is 0 Å². The zero-order valence-corrected chi connectivity index (χ0v) is 14.9. The topological polar surface area (TPSA) is 45.2 Å². The smallest absolute Gasteiger partial charge is 0.128 e. The van der Waals surface area contributed by atoms with E-state index in [2.05, 4.69) is 28.0 Å². The van der Waals surface area contributed by atoms with E-state index in [0.29, 0.717) is 0 Å². The number of rotatable bonds is 6. The highest BCUT2D eigenvalue weighted by Crippen LogP contribution is 2.38. The lowest BCUT2D eigenvalue weighted by Gasteiger charge is -2.36. The van der Waals surface area contributed by atoms with E-state index in [1.807, 2.05) is 24.3 Å². The van der Waals surface area contributed by atoms with Crippen LogP contribution in [-0.4, -0.2) is 63.6 Å². The highest BCUT2D eigenvalue weighted by Gasteiger charge is 2.18. The first-order valence-electron chi connectivity index (χ1n) is 8.66.